The number of halogens is 2. The Hall–Kier alpha value is -4.07. The van der Waals surface area contributed by atoms with Crippen LogP contribution in [0.15, 0.2) is 91.1 Å². The summed E-state index contributed by atoms with van der Waals surface area (Å²) < 4.78 is 11.0. The molecule has 1 heterocycles. The number of para-hydroxylation sites is 1. The van der Waals surface area contributed by atoms with Crippen LogP contribution in [0.5, 0.6) is 17.4 Å². The van der Waals surface area contributed by atoms with E-state index in [0.29, 0.717) is 44.4 Å². The van der Waals surface area contributed by atoms with Crippen LogP contribution in [0.4, 0.5) is 16.2 Å². The van der Waals surface area contributed by atoms with Gasteiger partial charge in [0.2, 0.25) is 5.88 Å². The molecule has 0 aliphatic rings. The van der Waals surface area contributed by atoms with Crippen molar-refractivity contribution in [1.82, 2.24) is 4.98 Å². The lowest BCUT2D eigenvalue weighted by Gasteiger charge is -2.10. The Morgan fingerprint density at radius 3 is 2.26 bits per heavy atom. The van der Waals surface area contributed by atoms with Crippen LogP contribution in [0.25, 0.3) is 0 Å². The maximum Gasteiger partial charge on any atom is 0.417 e. The second-order valence-electron chi connectivity index (χ2n) is 6.93. The van der Waals surface area contributed by atoms with Crippen LogP contribution in [0, 0.1) is 0 Å². The van der Waals surface area contributed by atoms with Crippen LogP contribution in [0.2, 0.25) is 10.0 Å². The van der Waals surface area contributed by atoms with Gasteiger partial charge in [-0.05, 0) is 48.5 Å². The predicted molar refractivity (Wildman–Crippen MR) is 131 cm³/mol. The van der Waals surface area contributed by atoms with Crippen molar-refractivity contribution in [1.29, 1.82) is 0 Å². The molecule has 0 radical (unpaired) electrons. The van der Waals surface area contributed by atoms with E-state index in [4.69, 9.17) is 32.7 Å². The first-order chi connectivity index (χ1) is 16.5. The summed E-state index contributed by atoms with van der Waals surface area (Å²) >= 11 is 11.8. The van der Waals surface area contributed by atoms with E-state index in [2.05, 4.69) is 15.6 Å². The summed E-state index contributed by atoms with van der Waals surface area (Å²) in [5, 5.41) is 6.03. The van der Waals surface area contributed by atoms with Gasteiger partial charge in [-0.1, -0.05) is 47.5 Å². The highest BCUT2D eigenvalue weighted by molar-refractivity contribution is 6.42. The van der Waals surface area contributed by atoms with Gasteiger partial charge in [0.25, 0.3) is 5.91 Å². The number of anilines is 2. The summed E-state index contributed by atoms with van der Waals surface area (Å²) in [6.07, 6.45) is 0.841. The lowest BCUT2D eigenvalue weighted by molar-refractivity contribution is 0.102. The minimum Gasteiger partial charge on any atom is -0.439 e. The minimum atomic E-state index is -0.622. The Kier molecular flexibility index (Phi) is 7.27. The largest absolute Gasteiger partial charge is 0.439 e. The Morgan fingerprint density at radius 1 is 0.735 bits per heavy atom. The molecule has 3 aromatic carbocycles. The Morgan fingerprint density at radius 2 is 1.53 bits per heavy atom. The zero-order chi connectivity index (χ0) is 23.9. The van der Waals surface area contributed by atoms with Crippen molar-refractivity contribution in [2.45, 2.75) is 0 Å². The molecule has 170 valence electrons. The van der Waals surface area contributed by atoms with Gasteiger partial charge in [0, 0.05) is 23.4 Å². The number of hydrogen-bond donors (Lipinski definition) is 2. The number of nitrogens with one attached hydrogen (secondary N) is 2. The van der Waals surface area contributed by atoms with Gasteiger partial charge in [-0.15, -0.1) is 0 Å². The van der Waals surface area contributed by atoms with E-state index in [-0.39, 0.29) is 5.91 Å². The number of benzene rings is 3. The molecular weight excluding hydrogens is 477 g/mol. The number of nitrogens with zero attached hydrogens (tertiary/aromatic N) is 1. The zero-order valence-electron chi connectivity index (χ0n) is 17.5. The number of amides is 2. The van der Waals surface area contributed by atoms with Gasteiger partial charge in [-0.25, -0.2) is 9.78 Å². The molecule has 0 spiro atoms. The van der Waals surface area contributed by atoms with Crippen molar-refractivity contribution in [3.05, 3.63) is 107 Å². The molecule has 0 atom stereocenters. The van der Waals surface area contributed by atoms with Crippen LogP contribution in [0.1, 0.15) is 10.4 Å². The van der Waals surface area contributed by atoms with E-state index in [1.165, 1.54) is 12.3 Å². The first-order valence-corrected chi connectivity index (χ1v) is 10.8. The lowest BCUT2D eigenvalue weighted by atomic mass is 10.2. The SMILES string of the molecule is O=C(Nc1cccc(Oc2ccc(NC(=O)c3ccc(Cl)c(Cl)c3)cn2)c1)Oc1ccccc1. The number of carbonyl (C=O) groups is 2. The fourth-order valence-electron chi connectivity index (χ4n) is 2.85. The minimum absolute atomic E-state index is 0.293. The van der Waals surface area contributed by atoms with Crippen molar-refractivity contribution >= 4 is 46.6 Å². The van der Waals surface area contributed by atoms with Crippen molar-refractivity contribution in [2.24, 2.45) is 0 Å². The molecule has 0 aliphatic carbocycles. The summed E-state index contributed by atoms with van der Waals surface area (Å²) in [6.45, 7) is 0. The molecule has 4 aromatic rings. The molecule has 0 unspecified atom stereocenters. The fourth-order valence-corrected chi connectivity index (χ4v) is 3.15. The van der Waals surface area contributed by atoms with Crippen LogP contribution in [-0.4, -0.2) is 17.0 Å². The van der Waals surface area contributed by atoms with Crippen molar-refractivity contribution in [3.8, 4) is 17.4 Å². The highest BCUT2D eigenvalue weighted by atomic mass is 35.5. The van der Waals surface area contributed by atoms with E-state index < -0.39 is 6.09 Å². The van der Waals surface area contributed by atoms with Crippen LogP contribution in [0.3, 0.4) is 0 Å². The molecular formula is C25H17Cl2N3O4. The van der Waals surface area contributed by atoms with Crippen molar-refractivity contribution < 1.29 is 19.1 Å². The first kappa shape index (κ1) is 23.1. The molecule has 0 saturated carbocycles. The van der Waals surface area contributed by atoms with E-state index in [9.17, 15) is 9.59 Å². The summed E-state index contributed by atoms with van der Waals surface area (Å²) in [5.74, 6) is 0.840. The van der Waals surface area contributed by atoms with Gasteiger partial charge in [-0.2, -0.15) is 0 Å². The Labute approximate surface area is 205 Å². The number of aromatic nitrogens is 1. The number of rotatable bonds is 6. The summed E-state index contributed by atoms with van der Waals surface area (Å²) in [6, 6.07) is 23.4. The third kappa shape index (κ3) is 6.25. The van der Waals surface area contributed by atoms with Crippen molar-refractivity contribution in [3.63, 3.8) is 0 Å². The normalized spacial score (nSPS) is 10.3. The molecule has 0 fully saturated rings. The molecule has 0 saturated heterocycles. The van der Waals surface area contributed by atoms with Gasteiger partial charge in [0.15, 0.2) is 0 Å². The average molecular weight is 494 g/mol. The Balaban J connectivity index is 1.35. The van der Waals surface area contributed by atoms with E-state index in [1.807, 2.05) is 6.07 Å². The second kappa shape index (κ2) is 10.7. The lowest BCUT2D eigenvalue weighted by Crippen LogP contribution is -2.16. The summed E-state index contributed by atoms with van der Waals surface area (Å²) in [5.41, 5.74) is 1.33. The average Bonchev–Trinajstić information content (AvgIpc) is 2.83. The fraction of sp³-hybridized carbons (Fsp3) is 0. The molecule has 4 rings (SSSR count). The summed E-state index contributed by atoms with van der Waals surface area (Å²) in [4.78, 5) is 28.7. The maximum absolute atomic E-state index is 12.4. The standard InChI is InChI=1S/C25H17Cl2N3O4/c26-21-11-9-16(13-22(21)27)24(31)29-18-10-12-23(28-15-18)33-20-8-4-5-17(14-20)30-25(32)34-19-6-2-1-3-7-19/h1-15H,(H,29,31)(H,30,32). The van der Waals surface area contributed by atoms with E-state index >= 15 is 0 Å². The first-order valence-electron chi connectivity index (χ1n) is 10.0. The molecule has 0 bridgehead atoms. The molecule has 7 nitrogen and oxygen atoms in total. The summed E-state index contributed by atoms with van der Waals surface area (Å²) in [7, 11) is 0. The molecule has 1 aromatic heterocycles. The third-order valence-electron chi connectivity index (χ3n) is 4.43. The second-order valence-corrected chi connectivity index (χ2v) is 7.74. The maximum atomic E-state index is 12.4. The third-order valence-corrected chi connectivity index (χ3v) is 5.17. The molecule has 34 heavy (non-hydrogen) atoms. The smallest absolute Gasteiger partial charge is 0.417 e. The molecule has 2 N–H and O–H groups in total. The molecule has 2 amide bonds. The quantitative estimate of drug-likeness (QED) is 0.300. The molecule has 9 heteroatoms. The highest BCUT2D eigenvalue weighted by Crippen LogP contribution is 2.25. The highest BCUT2D eigenvalue weighted by Gasteiger charge is 2.10. The van der Waals surface area contributed by atoms with Gasteiger partial charge < -0.3 is 14.8 Å². The van der Waals surface area contributed by atoms with Crippen LogP contribution in [-0.2, 0) is 0 Å². The van der Waals surface area contributed by atoms with E-state index in [0.717, 1.165) is 0 Å². The number of hydrogen-bond acceptors (Lipinski definition) is 5. The molecule has 0 aliphatic heterocycles. The number of pyridine rings is 1. The number of ether oxygens (including phenoxy) is 2. The van der Waals surface area contributed by atoms with Gasteiger partial charge >= 0.3 is 6.09 Å². The monoisotopic (exact) mass is 493 g/mol. The number of carbonyl (C=O) groups excluding carboxylic acids is 2. The van der Waals surface area contributed by atoms with Crippen LogP contribution < -0.4 is 20.1 Å². The van der Waals surface area contributed by atoms with Crippen LogP contribution >= 0.6 is 23.2 Å². The Bertz CT molecular complexity index is 1320. The van der Waals surface area contributed by atoms with Gasteiger partial charge in [-0.3, -0.25) is 10.1 Å². The topological polar surface area (TPSA) is 89.6 Å². The van der Waals surface area contributed by atoms with Crippen molar-refractivity contribution in [2.75, 3.05) is 10.6 Å². The predicted octanol–water partition coefficient (Wildman–Crippen LogP) is 7.04. The van der Waals surface area contributed by atoms with Gasteiger partial charge in [0.1, 0.15) is 11.5 Å². The van der Waals surface area contributed by atoms with E-state index in [1.54, 1.807) is 72.8 Å². The van der Waals surface area contributed by atoms with Gasteiger partial charge in [0.05, 0.1) is 21.9 Å². The zero-order valence-corrected chi connectivity index (χ0v) is 19.0.